The fourth-order valence-corrected chi connectivity index (χ4v) is 8.61. The van der Waals surface area contributed by atoms with E-state index in [1.165, 1.54) is 19.1 Å². The average molecular weight is 532 g/mol. The van der Waals surface area contributed by atoms with E-state index >= 15 is 8.78 Å². The molecule has 5 aliphatic rings. The lowest BCUT2D eigenvalue weighted by Gasteiger charge is -2.59. The van der Waals surface area contributed by atoms with Gasteiger partial charge in [-0.15, -0.1) is 0 Å². The maximum Gasteiger partial charge on any atom is 0.198 e. The maximum absolute atomic E-state index is 17.6. The average Bonchev–Trinajstić information content (AvgIpc) is 3.35. The Morgan fingerprint density at radius 1 is 1.24 bits per heavy atom. The van der Waals surface area contributed by atoms with Crippen LogP contribution in [0.5, 0.6) is 0 Å². The summed E-state index contributed by atoms with van der Waals surface area (Å²) in [6.07, 6.45) is -1.34. The maximum atomic E-state index is 17.6. The summed E-state index contributed by atoms with van der Waals surface area (Å²) >= 11 is 0. The second-order valence-corrected chi connectivity index (χ2v) is 12.0. The Hall–Kier alpha value is -2.49. The van der Waals surface area contributed by atoms with Crippen LogP contribution in [-0.2, 0) is 19.1 Å². The predicted octanol–water partition coefficient (Wildman–Crippen LogP) is 4.28. The van der Waals surface area contributed by atoms with E-state index in [9.17, 15) is 19.1 Å². The minimum Gasteiger partial charge on any atom is -0.399 e. The lowest BCUT2D eigenvalue weighted by molar-refractivity contribution is -0.224. The molecule has 9 heteroatoms. The highest BCUT2D eigenvalue weighted by atomic mass is 19.1. The number of aliphatic hydroxyl groups excluding tert-OH is 1. The van der Waals surface area contributed by atoms with Crippen LogP contribution in [0, 0.1) is 22.7 Å². The van der Waals surface area contributed by atoms with Gasteiger partial charge in [0.05, 0.1) is 12.2 Å². The zero-order chi connectivity index (χ0) is 27.3. The number of anilines is 1. The standard InChI is InChI=1S/C29H32F3NO5/c1-26-9-8-17(34)11-20(26)21(31)7-6-18-19-12-24-29(23(36)14-30,27(19,2)13-22(35)28(18,26)32)38-25(37-24)15-4-3-5-16(33)10-15/h3-5,8-11,18-19,21-22,24-25,35H,6-7,12-14,33H2,1-2H3/t18-,19+,21+,22+,24-,25-,26+,27+,28+,29-/m1/s1. The summed E-state index contributed by atoms with van der Waals surface area (Å²) in [5.74, 6) is -2.71. The summed E-state index contributed by atoms with van der Waals surface area (Å²) in [5, 5.41) is 11.6. The van der Waals surface area contributed by atoms with Crippen LogP contribution in [0.4, 0.5) is 18.9 Å². The topological polar surface area (TPSA) is 98.9 Å². The Labute approximate surface area is 219 Å². The molecule has 1 heterocycles. The molecule has 10 atom stereocenters. The number of ether oxygens (including phenoxy) is 2. The zero-order valence-electron chi connectivity index (χ0n) is 21.3. The van der Waals surface area contributed by atoms with Crippen LogP contribution in [0.1, 0.15) is 51.4 Å². The molecular weight excluding hydrogens is 499 g/mol. The first kappa shape index (κ1) is 25.8. The van der Waals surface area contributed by atoms with E-state index in [2.05, 4.69) is 0 Å². The number of nitrogen functional groups attached to an aromatic ring is 1. The molecule has 3 N–H and O–H groups in total. The molecule has 6 rings (SSSR count). The number of aliphatic hydroxyl groups is 1. The van der Waals surface area contributed by atoms with E-state index in [1.54, 1.807) is 31.2 Å². The monoisotopic (exact) mass is 531 g/mol. The van der Waals surface area contributed by atoms with Gasteiger partial charge in [0.2, 0.25) is 0 Å². The van der Waals surface area contributed by atoms with E-state index in [4.69, 9.17) is 15.2 Å². The number of Topliss-reactive ketones (excluding diaryl/α,β-unsaturated/α-hetero) is 1. The molecule has 38 heavy (non-hydrogen) atoms. The molecule has 1 saturated heterocycles. The van der Waals surface area contributed by atoms with Gasteiger partial charge < -0.3 is 20.3 Å². The third kappa shape index (κ3) is 3.01. The van der Waals surface area contributed by atoms with Crippen molar-refractivity contribution in [2.75, 3.05) is 12.4 Å². The van der Waals surface area contributed by atoms with Crippen molar-refractivity contribution in [2.45, 2.75) is 75.5 Å². The molecule has 4 aliphatic carbocycles. The number of hydrogen-bond donors (Lipinski definition) is 2. The van der Waals surface area contributed by atoms with Crippen molar-refractivity contribution >= 4 is 17.3 Å². The normalized spacial score (nSPS) is 47.4. The van der Waals surface area contributed by atoms with Gasteiger partial charge >= 0.3 is 0 Å². The first-order chi connectivity index (χ1) is 17.9. The summed E-state index contributed by atoms with van der Waals surface area (Å²) in [4.78, 5) is 25.5. The van der Waals surface area contributed by atoms with Crippen LogP contribution in [-0.4, -0.2) is 53.0 Å². The van der Waals surface area contributed by atoms with E-state index < -0.39 is 76.8 Å². The Morgan fingerprint density at radius 2 is 2.00 bits per heavy atom. The predicted molar refractivity (Wildman–Crippen MR) is 132 cm³/mol. The first-order valence-corrected chi connectivity index (χ1v) is 13.2. The van der Waals surface area contributed by atoms with Crippen molar-refractivity contribution in [1.82, 2.24) is 0 Å². The molecule has 1 aromatic rings. The van der Waals surface area contributed by atoms with Crippen molar-refractivity contribution in [2.24, 2.45) is 22.7 Å². The van der Waals surface area contributed by atoms with E-state index in [-0.39, 0.29) is 31.3 Å². The molecule has 4 fully saturated rings. The number of halogens is 3. The number of benzene rings is 1. The molecule has 0 radical (unpaired) electrons. The minimum atomic E-state index is -2.33. The smallest absolute Gasteiger partial charge is 0.198 e. The minimum absolute atomic E-state index is 0.0274. The van der Waals surface area contributed by atoms with Crippen molar-refractivity contribution < 1.29 is 37.3 Å². The number of carbonyl (C=O) groups excluding carboxylic acids is 2. The van der Waals surface area contributed by atoms with Crippen LogP contribution in [0.3, 0.4) is 0 Å². The van der Waals surface area contributed by atoms with Gasteiger partial charge in [-0.1, -0.05) is 25.1 Å². The SMILES string of the molecule is C[C@]12C=CC(=O)C=C1[C@@H](F)CC[C@@H]1[C@@H]3C[C@H]4O[C@@H](c5cccc(N)c5)O[C@@]4(C(=O)CF)[C@@]3(C)C[C@H](O)[C@@]12F. The van der Waals surface area contributed by atoms with Gasteiger partial charge in [-0.3, -0.25) is 9.59 Å². The van der Waals surface area contributed by atoms with Crippen LogP contribution in [0.15, 0.2) is 48.1 Å². The number of allylic oxidation sites excluding steroid dienone is 4. The second-order valence-electron chi connectivity index (χ2n) is 12.0. The van der Waals surface area contributed by atoms with E-state index in [1.807, 2.05) is 0 Å². The lowest BCUT2D eigenvalue weighted by Crippen LogP contribution is -2.68. The molecule has 0 unspecified atom stereocenters. The molecular formula is C29H32F3NO5. The Morgan fingerprint density at radius 3 is 2.71 bits per heavy atom. The molecule has 0 aromatic heterocycles. The summed E-state index contributed by atoms with van der Waals surface area (Å²) in [5.41, 5.74) is 0.136. The molecule has 1 aromatic carbocycles. The molecule has 0 bridgehead atoms. The Balaban J connectivity index is 1.46. The number of alkyl halides is 3. The fraction of sp³-hybridized carbons (Fsp3) is 0.586. The second kappa shape index (κ2) is 8.26. The summed E-state index contributed by atoms with van der Waals surface area (Å²) < 4.78 is 59.9. The highest BCUT2D eigenvalue weighted by molar-refractivity contribution is 6.01. The van der Waals surface area contributed by atoms with Gasteiger partial charge in [0.25, 0.3) is 0 Å². The van der Waals surface area contributed by atoms with E-state index in [0.717, 1.165) is 6.08 Å². The van der Waals surface area contributed by atoms with Crippen molar-refractivity contribution in [3.05, 3.63) is 53.6 Å². The third-order valence-electron chi connectivity index (χ3n) is 10.4. The van der Waals surface area contributed by atoms with Crippen LogP contribution >= 0.6 is 0 Å². The van der Waals surface area contributed by atoms with Crippen molar-refractivity contribution in [3.63, 3.8) is 0 Å². The third-order valence-corrected chi connectivity index (χ3v) is 10.4. The zero-order valence-corrected chi connectivity index (χ0v) is 21.3. The van der Waals surface area contributed by atoms with Crippen LogP contribution in [0.25, 0.3) is 0 Å². The van der Waals surface area contributed by atoms with Crippen molar-refractivity contribution in [1.29, 1.82) is 0 Å². The van der Waals surface area contributed by atoms with Crippen molar-refractivity contribution in [3.8, 4) is 0 Å². The molecule has 0 spiro atoms. The number of nitrogens with two attached hydrogens (primary N) is 1. The summed E-state index contributed by atoms with van der Waals surface area (Å²) in [6.45, 7) is 1.95. The Kier molecular flexibility index (Phi) is 5.60. The van der Waals surface area contributed by atoms with Gasteiger partial charge in [0.15, 0.2) is 35.8 Å². The number of carbonyl (C=O) groups is 2. The highest BCUT2D eigenvalue weighted by Gasteiger charge is 2.79. The van der Waals surface area contributed by atoms with Gasteiger partial charge in [-0.2, -0.15) is 0 Å². The van der Waals surface area contributed by atoms with Gasteiger partial charge in [0, 0.05) is 28.0 Å². The van der Waals surface area contributed by atoms with Gasteiger partial charge in [0.1, 0.15) is 6.17 Å². The summed E-state index contributed by atoms with van der Waals surface area (Å²) in [7, 11) is 0. The molecule has 0 amide bonds. The van der Waals surface area contributed by atoms with Crippen LogP contribution < -0.4 is 5.73 Å². The summed E-state index contributed by atoms with van der Waals surface area (Å²) in [6, 6.07) is 6.79. The number of fused-ring (bicyclic) bond motifs is 7. The first-order valence-electron chi connectivity index (χ1n) is 13.2. The van der Waals surface area contributed by atoms with Gasteiger partial charge in [-0.05, 0) is 68.4 Å². The quantitative estimate of drug-likeness (QED) is 0.565. The molecule has 1 aliphatic heterocycles. The van der Waals surface area contributed by atoms with Crippen LogP contribution in [0.2, 0.25) is 0 Å². The largest absolute Gasteiger partial charge is 0.399 e. The number of hydrogen-bond acceptors (Lipinski definition) is 6. The molecule has 6 nitrogen and oxygen atoms in total. The van der Waals surface area contributed by atoms with Gasteiger partial charge in [-0.25, -0.2) is 13.2 Å². The fourth-order valence-electron chi connectivity index (χ4n) is 8.61. The Bertz CT molecular complexity index is 1270. The number of ketones is 2. The highest BCUT2D eigenvalue weighted by Crippen LogP contribution is 2.72. The molecule has 204 valence electrons. The lowest BCUT2D eigenvalue weighted by atomic mass is 9.48. The van der Waals surface area contributed by atoms with E-state index in [0.29, 0.717) is 11.3 Å². The molecule has 3 saturated carbocycles. The number of rotatable bonds is 3.